The number of rotatable bonds is 7. The number of H-pyrrole nitrogens is 1. The molecule has 6 heteroatoms. The van der Waals surface area contributed by atoms with Gasteiger partial charge in [-0.25, -0.2) is 4.39 Å². The maximum atomic E-state index is 13.5. The lowest BCUT2D eigenvalue weighted by atomic mass is 10.1. The second kappa shape index (κ2) is 8.10. The maximum Gasteiger partial charge on any atom is 0.287 e. The predicted molar refractivity (Wildman–Crippen MR) is 112 cm³/mol. The molecule has 2 aromatic heterocycles. The predicted octanol–water partition coefficient (Wildman–Crippen LogP) is 5.28. The molecule has 4 rings (SSSR count). The van der Waals surface area contributed by atoms with E-state index in [0.29, 0.717) is 18.7 Å². The fourth-order valence-corrected chi connectivity index (χ4v) is 4.07. The van der Waals surface area contributed by atoms with E-state index in [0.717, 1.165) is 44.5 Å². The van der Waals surface area contributed by atoms with Gasteiger partial charge in [0.2, 0.25) is 0 Å². The average molecular weight is 396 g/mol. The fraction of sp³-hybridized carbons (Fsp3) is 0.227. The van der Waals surface area contributed by atoms with Crippen molar-refractivity contribution in [1.29, 1.82) is 0 Å². The highest BCUT2D eigenvalue weighted by Gasteiger charge is 2.20. The summed E-state index contributed by atoms with van der Waals surface area (Å²) < 4.78 is 19.4. The number of para-hydroxylation sites is 1. The smallest absolute Gasteiger partial charge is 0.287 e. The molecule has 0 atom stereocenters. The zero-order valence-electron chi connectivity index (χ0n) is 15.5. The van der Waals surface area contributed by atoms with Crippen LogP contribution >= 0.6 is 11.8 Å². The zero-order valence-corrected chi connectivity index (χ0v) is 16.4. The van der Waals surface area contributed by atoms with Gasteiger partial charge in [-0.15, -0.1) is 0 Å². The van der Waals surface area contributed by atoms with Gasteiger partial charge in [0.25, 0.3) is 5.91 Å². The molecular weight excluding hydrogens is 375 g/mol. The number of carbonyl (C=O) groups is 1. The molecule has 2 heterocycles. The number of halogens is 1. The molecule has 0 saturated heterocycles. The third-order valence-corrected chi connectivity index (χ3v) is 5.67. The molecule has 0 aliphatic carbocycles. The molecule has 0 unspecified atom stereocenters. The highest BCUT2D eigenvalue weighted by molar-refractivity contribution is 7.98. The first kappa shape index (κ1) is 18.6. The number of aromatic amines is 1. The second-order valence-corrected chi connectivity index (χ2v) is 7.83. The van der Waals surface area contributed by atoms with Crippen LogP contribution in [0.3, 0.4) is 0 Å². The van der Waals surface area contributed by atoms with E-state index in [-0.39, 0.29) is 11.7 Å². The first-order valence-electron chi connectivity index (χ1n) is 9.29. The minimum absolute atomic E-state index is 0.214. The minimum Gasteiger partial charge on any atom is -0.451 e. The van der Waals surface area contributed by atoms with Crippen LogP contribution < -0.4 is 5.32 Å². The summed E-state index contributed by atoms with van der Waals surface area (Å²) in [6.07, 6.45) is 2.47. The normalized spacial score (nSPS) is 11.4. The van der Waals surface area contributed by atoms with Gasteiger partial charge in [-0.2, -0.15) is 11.8 Å². The van der Waals surface area contributed by atoms with Crippen LogP contribution in [-0.2, 0) is 12.2 Å². The van der Waals surface area contributed by atoms with E-state index in [1.807, 2.05) is 30.5 Å². The first-order valence-corrected chi connectivity index (χ1v) is 10.4. The lowest BCUT2D eigenvalue weighted by molar-refractivity contribution is 0.0927. The fourth-order valence-electron chi connectivity index (χ4n) is 3.38. The number of furan rings is 1. The van der Waals surface area contributed by atoms with E-state index >= 15 is 0 Å². The van der Waals surface area contributed by atoms with Crippen molar-refractivity contribution in [2.75, 3.05) is 12.3 Å². The number of amides is 1. The van der Waals surface area contributed by atoms with Crippen molar-refractivity contribution in [2.24, 2.45) is 0 Å². The van der Waals surface area contributed by atoms with E-state index in [2.05, 4.69) is 17.2 Å². The molecular formula is C22H21FN2O2S. The summed E-state index contributed by atoms with van der Waals surface area (Å²) in [5.41, 5.74) is 3.53. The summed E-state index contributed by atoms with van der Waals surface area (Å²) in [5.74, 6) is 1.61. The molecule has 0 bridgehead atoms. The van der Waals surface area contributed by atoms with Crippen LogP contribution in [0.4, 0.5) is 4.39 Å². The molecule has 144 valence electrons. The number of hydrogen-bond donors (Lipinski definition) is 2. The number of carbonyl (C=O) groups excluding carboxylic acids is 1. The van der Waals surface area contributed by atoms with Gasteiger partial charge < -0.3 is 14.7 Å². The Kier molecular flexibility index (Phi) is 5.39. The highest BCUT2D eigenvalue weighted by atomic mass is 32.2. The Morgan fingerprint density at radius 2 is 2.07 bits per heavy atom. The van der Waals surface area contributed by atoms with E-state index < -0.39 is 0 Å². The Morgan fingerprint density at radius 1 is 1.21 bits per heavy atom. The molecule has 0 fully saturated rings. The van der Waals surface area contributed by atoms with Gasteiger partial charge in [-0.3, -0.25) is 4.79 Å². The lowest BCUT2D eigenvalue weighted by Gasteiger charge is -2.05. The van der Waals surface area contributed by atoms with Crippen molar-refractivity contribution in [3.05, 3.63) is 71.4 Å². The van der Waals surface area contributed by atoms with Crippen LogP contribution in [0.1, 0.15) is 28.6 Å². The van der Waals surface area contributed by atoms with Crippen LogP contribution in [0, 0.1) is 5.82 Å². The third-order valence-electron chi connectivity index (χ3n) is 4.76. The Balaban J connectivity index is 1.49. The highest BCUT2D eigenvalue weighted by Crippen LogP contribution is 2.29. The van der Waals surface area contributed by atoms with Gasteiger partial charge in [-0.05, 0) is 42.0 Å². The van der Waals surface area contributed by atoms with Crippen molar-refractivity contribution in [2.45, 2.75) is 19.1 Å². The Hall–Kier alpha value is -2.73. The molecule has 0 radical (unpaired) electrons. The Labute approximate surface area is 166 Å². The van der Waals surface area contributed by atoms with Crippen LogP contribution in [-0.4, -0.2) is 23.2 Å². The van der Waals surface area contributed by atoms with Crippen molar-refractivity contribution in [1.82, 2.24) is 10.3 Å². The number of benzene rings is 2. The van der Waals surface area contributed by atoms with Gasteiger partial charge in [0.15, 0.2) is 5.76 Å². The Bertz CT molecular complexity index is 1130. The molecule has 0 aliphatic heterocycles. The maximum absolute atomic E-state index is 13.5. The molecule has 2 N–H and O–H groups in total. The monoisotopic (exact) mass is 396 g/mol. The van der Waals surface area contributed by atoms with Crippen LogP contribution in [0.2, 0.25) is 0 Å². The average Bonchev–Trinajstić information content (AvgIpc) is 3.27. The van der Waals surface area contributed by atoms with E-state index in [4.69, 9.17) is 4.42 Å². The van der Waals surface area contributed by atoms with Gasteiger partial charge >= 0.3 is 0 Å². The number of nitrogens with one attached hydrogen (secondary N) is 2. The van der Waals surface area contributed by atoms with Gasteiger partial charge in [0.05, 0.1) is 0 Å². The number of thioether (sulfide) groups is 1. The van der Waals surface area contributed by atoms with E-state index in [9.17, 15) is 9.18 Å². The summed E-state index contributed by atoms with van der Waals surface area (Å²) >= 11 is 1.76. The van der Waals surface area contributed by atoms with Crippen LogP contribution in [0.15, 0.2) is 53.1 Å². The second-order valence-electron chi connectivity index (χ2n) is 6.55. The molecule has 1 amide bonds. The molecule has 2 aromatic carbocycles. The van der Waals surface area contributed by atoms with Gasteiger partial charge in [0, 0.05) is 40.3 Å². The van der Waals surface area contributed by atoms with E-state index in [1.54, 1.807) is 17.8 Å². The van der Waals surface area contributed by atoms with Gasteiger partial charge in [0.1, 0.15) is 11.4 Å². The largest absolute Gasteiger partial charge is 0.451 e. The molecule has 0 aliphatic rings. The molecule has 28 heavy (non-hydrogen) atoms. The summed E-state index contributed by atoms with van der Waals surface area (Å²) in [6.45, 7) is 2.54. The van der Waals surface area contributed by atoms with Crippen molar-refractivity contribution in [3.8, 4) is 0 Å². The summed E-state index contributed by atoms with van der Waals surface area (Å²) in [7, 11) is 0. The molecule has 4 aromatic rings. The van der Waals surface area contributed by atoms with Crippen molar-refractivity contribution < 1.29 is 13.6 Å². The molecule has 0 saturated carbocycles. The number of fused-ring (bicyclic) bond motifs is 2. The summed E-state index contributed by atoms with van der Waals surface area (Å²) in [5, 5.41) is 4.78. The lowest BCUT2D eigenvalue weighted by Crippen LogP contribution is -2.26. The van der Waals surface area contributed by atoms with Crippen LogP contribution in [0.25, 0.3) is 21.9 Å². The van der Waals surface area contributed by atoms with E-state index in [1.165, 1.54) is 12.1 Å². The SMILES string of the molecule is CCSCc1c(C(=O)NCCc2c[nH]c3ccc(F)cc23)oc2ccccc12. The first-order chi connectivity index (χ1) is 13.7. The zero-order chi connectivity index (χ0) is 19.5. The third kappa shape index (κ3) is 3.64. The van der Waals surface area contributed by atoms with Crippen molar-refractivity contribution >= 4 is 39.5 Å². The number of hydrogen-bond acceptors (Lipinski definition) is 3. The molecule has 0 spiro atoms. The quantitative estimate of drug-likeness (QED) is 0.447. The standard InChI is InChI=1S/C22H21FN2O2S/c1-2-28-13-18-16-5-3-4-6-20(16)27-21(18)22(26)24-10-9-14-12-25-19-8-7-15(23)11-17(14)19/h3-8,11-12,25H,2,9-10,13H2,1H3,(H,24,26). The topological polar surface area (TPSA) is 58.0 Å². The number of aromatic nitrogens is 1. The van der Waals surface area contributed by atoms with Gasteiger partial charge in [-0.1, -0.05) is 25.1 Å². The molecule has 4 nitrogen and oxygen atoms in total. The Morgan fingerprint density at radius 3 is 2.93 bits per heavy atom. The van der Waals surface area contributed by atoms with Crippen molar-refractivity contribution in [3.63, 3.8) is 0 Å². The van der Waals surface area contributed by atoms with Crippen LogP contribution in [0.5, 0.6) is 0 Å². The summed E-state index contributed by atoms with van der Waals surface area (Å²) in [4.78, 5) is 15.9. The minimum atomic E-state index is -0.266. The summed E-state index contributed by atoms with van der Waals surface area (Å²) in [6, 6.07) is 12.4.